The Labute approximate surface area is 124 Å². The third kappa shape index (κ3) is 2.57. The van der Waals surface area contributed by atoms with Crippen molar-refractivity contribution >= 4 is 43.5 Å². The molecule has 1 amide bonds. The maximum absolute atomic E-state index is 12.1. The predicted molar refractivity (Wildman–Crippen MR) is 79.1 cm³/mol. The van der Waals surface area contributed by atoms with Crippen molar-refractivity contribution < 1.29 is 9.53 Å². The van der Waals surface area contributed by atoms with E-state index in [1.165, 1.54) is 0 Å². The van der Waals surface area contributed by atoms with E-state index < -0.39 is 5.41 Å². The average molecular weight is 377 g/mol. The first-order valence-corrected chi connectivity index (χ1v) is 7.34. The first-order valence-electron chi connectivity index (χ1n) is 5.76. The van der Waals surface area contributed by atoms with Crippen molar-refractivity contribution in [3.63, 3.8) is 0 Å². The van der Waals surface area contributed by atoms with Gasteiger partial charge in [-0.05, 0) is 22.0 Å². The van der Waals surface area contributed by atoms with Crippen molar-refractivity contribution in [1.29, 1.82) is 0 Å². The van der Waals surface area contributed by atoms with Crippen molar-refractivity contribution in [2.45, 2.75) is 27.2 Å². The van der Waals surface area contributed by atoms with Crippen molar-refractivity contribution in [2.24, 2.45) is 5.41 Å². The number of ether oxygens (including phenoxy) is 1. The molecule has 0 saturated heterocycles. The molecular weight excluding hydrogens is 362 g/mol. The molecular formula is C13H15Br2NO2. The van der Waals surface area contributed by atoms with Gasteiger partial charge < -0.3 is 10.1 Å². The molecule has 0 spiro atoms. The Hall–Kier alpha value is -0.550. The van der Waals surface area contributed by atoms with Gasteiger partial charge in [0.1, 0.15) is 5.75 Å². The topological polar surface area (TPSA) is 38.3 Å². The highest BCUT2D eigenvalue weighted by Gasteiger charge is 2.27. The van der Waals surface area contributed by atoms with Gasteiger partial charge in [0, 0.05) is 26.3 Å². The van der Waals surface area contributed by atoms with E-state index in [9.17, 15) is 4.79 Å². The number of hydrogen-bond acceptors (Lipinski definition) is 2. The summed E-state index contributed by atoms with van der Waals surface area (Å²) in [4.78, 5) is 12.1. The van der Waals surface area contributed by atoms with E-state index in [4.69, 9.17) is 4.74 Å². The third-order valence-corrected chi connectivity index (χ3v) is 4.13. The molecule has 0 bridgehead atoms. The van der Waals surface area contributed by atoms with Gasteiger partial charge in [-0.25, -0.2) is 0 Å². The minimum absolute atomic E-state index is 0.0248. The number of anilines is 1. The zero-order valence-electron chi connectivity index (χ0n) is 10.6. The molecule has 1 heterocycles. The number of fused-ring (bicyclic) bond motifs is 1. The van der Waals surface area contributed by atoms with Gasteiger partial charge >= 0.3 is 0 Å². The van der Waals surface area contributed by atoms with E-state index in [1.807, 2.05) is 26.8 Å². The number of hydrogen-bond donors (Lipinski definition) is 1. The Morgan fingerprint density at radius 1 is 1.33 bits per heavy atom. The van der Waals surface area contributed by atoms with Crippen molar-refractivity contribution in [1.82, 2.24) is 0 Å². The van der Waals surface area contributed by atoms with Gasteiger partial charge in [-0.15, -0.1) is 0 Å². The van der Waals surface area contributed by atoms with Gasteiger partial charge in [-0.2, -0.15) is 0 Å². The smallest absolute Gasteiger partial charge is 0.229 e. The molecule has 98 valence electrons. The van der Waals surface area contributed by atoms with E-state index in [-0.39, 0.29) is 5.91 Å². The zero-order chi connectivity index (χ0) is 13.5. The molecule has 0 aliphatic carbocycles. The number of carbonyl (C=O) groups is 1. The van der Waals surface area contributed by atoms with Crippen molar-refractivity contribution in [2.75, 3.05) is 11.9 Å². The molecule has 1 aromatic rings. The monoisotopic (exact) mass is 375 g/mol. The Morgan fingerprint density at radius 3 is 2.61 bits per heavy atom. The highest BCUT2D eigenvalue weighted by atomic mass is 79.9. The molecule has 0 aromatic heterocycles. The minimum atomic E-state index is -0.433. The molecule has 0 atom stereocenters. The molecule has 3 nitrogen and oxygen atoms in total. The van der Waals surface area contributed by atoms with Crippen LogP contribution in [0.5, 0.6) is 5.75 Å². The lowest BCUT2D eigenvalue weighted by molar-refractivity contribution is -0.123. The number of nitrogens with one attached hydrogen (secondary N) is 1. The molecule has 1 aromatic carbocycles. The first-order chi connectivity index (χ1) is 8.30. The SMILES string of the molecule is CC(C)(C)C(=O)Nc1c(Br)cc(Br)c2c1OCC2. The average Bonchev–Trinajstić information content (AvgIpc) is 2.71. The summed E-state index contributed by atoms with van der Waals surface area (Å²) in [6, 6.07) is 1.95. The van der Waals surface area contributed by atoms with Crippen LogP contribution in [-0.2, 0) is 11.2 Å². The fourth-order valence-electron chi connectivity index (χ4n) is 1.70. The Kier molecular flexibility index (Phi) is 3.74. The normalized spacial score (nSPS) is 14.1. The highest BCUT2D eigenvalue weighted by Crippen LogP contribution is 2.44. The lowest BCUT2D eigenvalue weighted by atomic mass is 9.95. The lowest BCUT2D eigenvalue weighted by Crippen LogP contribution is -2.28. The summed E-state index contributed by atoms with van der Waals surface area (Å²) < 4.78 is 7.47. The highest BCUT2D eigenvalue weighted by molar-refractivity contribution is 9.11. The van der Waals surface area contributed by atoms with E-state index in [0.29, 0.717) is 6.61 Å². The van der Waals surface area contributed by atoms with Crippen LogP contribution in [0.4, 0.5) is 5.69 Å². The maximum Gasteiger partial charge on any atom is 0.229 e. The first kappa shape index (κ1) is 13.9. The standard InChI is InChI=1S/C13H15Br2NO2/c1-13(2,3)12(17)16-10-9(15)6-8(14)7-4-5-18-11(7)10/h6H,4-5H2,1-3H3,(H,16,17). The van der Waals surface area contributed by atoms with E-state index in [2.05, 4.69) is 37.2 Å². The minimum Gasteiger partial charge on any atom is -0.491 e. The largest absolute Gasteiger partial charge is 0.491 e. The number of amides is 1. The summed E-state index contributed by atoms with van der Waals surface area (Å²) in [5.41, 5.74) is 1.41. The van der Waals surface area contributed by atoms with Gasteiger partial charge in [-0.1, -0.05) is 36.7 Å². The van der Waals surface area contributed by atoms with Gasteiger partial charge in [0.25, 0.3) is 0 Å². The number of halogens is 2. The Bertz CT molecular complexity index is 507. The van der Waals surface area contributed by atoms with Crippen molar-refractivity contribution in [3.05, 3.63) is 20.6 Å². The molecule has 0 saturated carbocycles. The van der Waals surface area contributed by atoms with E-state index in [0.717, 1.165) is 32.4 Å². The molecule has 0 fully saturated rings. The summed E-state index contributed by atoms with van der Waals surface area (Å²) in [5.74, 6) is 0.747. The molecule has 5 heteroatoms. The quantitative estimate of drug-likeness (QED) is 0.800. The van der Waals surface area contributed by atoms with Crippen LogP contribution in [0, 0.1) is 5.41 Å². The predicted octanol–water partition coefficient (Wildman–Crippen LogP) is 4.13. The molecule has 1 aliphatic rings. The fraction of sp³-hybridized carbons (Fsp3) is 0.462. The molecule has 1 N–H and O–H groups in total. The van der Waals surface area contributed by atoms with Crippen LogP contribution in [-0.4, -0.2) is 12.5 Å². The Balaban J connectivity index is 2.40. The summed E-state index contributed by atoms with van der Waals surface area (Å²) in [5, 5.41) is 2.95. The fourth-order valence-corrected chi connectivity index (χ4v) is 3.13. The van der Waals surface area contributed by atoms with E-state index >= 15 is 0 Å². The van der Waals surface area contributed by atoms with Gasteiger partial charge in [0.15, 0.2) is 0 Å². The van der Waals surface area contributed by atoms with Crippen LogP contribution < -0.4 is 10.1 Å². The summed E-state index contributed by atoms with van der Waals surface area (Å²) >= 11 is 6.99. The molecule has 1 aliphatic heterocycles. The molecule has 0 unspecified atom stereocenters. The second-order valence-corrected chi connectivity index (χ2v) is 7.03. The van der Waals surface area contributed by atoms with Crippen LogP contribution in [0.3, 0.4) is 0 Å². The van der Waals surface area contributed by atoms with Crippen LogP contribution in [0.1, 0.15) is 26.3 Å². The molecule has 0 radical (unpaired) electrons. The summed E-state index contributed by atoms with van der Waals surface area (Å²) in [6.45, 7) is 6.31. The van der Waals surface area contributed by atoms with Crippen LogP contribution in [0.25, 0.3) is 0 Å². The molecule has 18 heavy (non-hydrogen) atoms. The second-order valence-electron chi connectivity index (χ2n) is 5.33. The summed E-state index contributed by atoms with van der Waals surface area (Å²) in [6.07, 6.45) is 0.863. The maximum atomic E-state index is 12.1. The van der Waals surface area contributed by atoms with E-state index in [1.54, 1.807) is 0 Å². The number of rotatable bonds is 1. The summed E-state index contributed by atoms with van der Waals surface area (Å²) in [7, 11) is 0. The van der Waals surface area contributed by atoms with Crippen LogP contribution in [0.2, 0.25) is 0 Å². The molecule has 2 rings (SSSR count). The van der Waals surface area contributed by atoms with Crippen LogP contribution >= 0.6 is 31.9 Å². The van der Waals surface area contributed by atoms with Crippen molar-refractivity contribution in [3.8, 4) is 5.75 Å². The third-order valence-electron chi connectivity index (χ3n) is 2.80. The Morgan fingerprint density at radius 2 is 2.00 bits per heavy atom. The van der Waals surface area contributed by atoms with Gasteiger partial charge in [-0.3, -0.25) is 4.79 Å². The zero-order valence-corrected chi connectivity index (χ0v) is 13.7. The number of benzene rings is 1. The second kappa shape index (κ2) is 4.85. The van der Waals surface area contributed by atoms with Gasteiger partial charge in [0.2, 0.25) is 5.91 Å². The number of carbonyl (C=O) groups excluding carboxylic acids is 1. The van der Waals surface area contributed by atoms with Crippen LogP contribution in [0.15, 0.2) is 15.0 Å². The van der Waals surface area contributed by atoms with Gasteiger partial charge in [0.05, 0.1) is 12.3 Å². The lowest BCUT2D eigenvalue weighted by Gasteiger charge is -2.20.